The quantitative estimate of drug-likeness (QED) is 0.370. The average Bonchev–Trinajstić information content (AvgIpc) is 3.56. The monoisotopic (exact) mass is 491 g/mol. The van der Waals surface area contributed by atoms with E-state index < -0.39 is 0 Å². The Bertz CT molecular complexity index is 1290. The lowest BCUT2D eigenvalue weighted by atomic mass is 9.93. The molecule has 2 fully saturated rings. The summed E-state index contributed by atoms with van der Waals surface area (Å²) in [5.41, 5.74) is 3.91. The minimum Gasteiger partial charge on any atom is -0.393 e. The fraction of sp³-hybridized carbons (Fsp3) is 0.400. The zero-order chi connectivity index (χ0) is 23.6. The van der Waals surface area contributed by atoms with Crippen LogP contribution in [0.25, 0.3) is 15.9 Å². The van der Waals surface area contributed by atoms with Crippen molar-refractivity contribution in [2.24, 2.45) is 0 Å². The first-order chi connectivity index (χ1) is 17.2. The number of ether oxygens (including phenoxy) is 1. The molecule has 0 radical (unpaired) electrons. The molecule has 2 aliphatic rings. The number of anilines is 4. The van der Waals surface area contributed by atoms with Crippen molar-refractivity contribution in [2.75, 3.05) is 41.8 Å². The largest absolute Gasteiger partial charge is 0.393 e. The van der Waals surface area contributed by atoms with E-state index in [9.17, 15) is 5.11 Å². The van der Waals surface area contributed by atoms with Crippen molar-refractivity contribution in [3.05, 3.63) is 48.1 Å². The van der Waals surface area contributed by atoms with Gasteiger partial charge in [-0.25, -0.2) is 9.67 Å². The molecule has 6 rings (SSSR count). The van der Waals surface area contributed by atoms with Gasteiger partial charge < -0.3 is 25.4 Å². The number of fused-ring (bicyclic) bond motifs is 1. The molecule has 0 bridgehead atoms. The van der Waals surface area contributed by atoms with Crippen LogP contribution in [0.1, 0.15) is 25.7 Å². The van der Waals surface area contributed by atoms with E-state index in [2.05, 4.69) is 44.9 Å². The minimum absolute atomic E-state index is 0.177. The summed E-state index contributed by atoms with van der Waals surface area (Å²) >= 11 is 1.64. The molecule has 0 unspecified atom stereocenters. The van der Waals surface area contributed by atoms with Gasteiger partial charge in [-0.05, 0) is 55.3 Å². The van der Waals surface area contributed by atoms with Gasteiger partial charge in [0.2, 0.25) is 5.95 Å². The van der Waals surface area contributed by atoms with Crippen LogP contribution < -0.4 is 15.5 Å². The van der Waals surface area contributed by atoms with E-state index >= 15 is 0 Å². The Kier molecular flexibility index (Phi) is 6.24. The molecule has 0 spiro atoms. The number of thiophene rings is 1. The number of nitrogens with one attached hydrogen (secondary N) is 2. The van der Waals surface area contributed by atoms with Crippen LogP contribution in [-0.4, -0.2) is 63.3 Å². The van der Waals surface area contributed by atoms with Crippen LogP contribution in [0.2, 0.25) is 0 Å². The molecule has 0 atom stereocenters. The molecule has 35 heavy (non-hydrogen) atoms. The topological polar surface area (TPSA) is 100 Å². The van der Waals surface area contributed by atoms with Gasteiger partial charge >= 0.3 is 0 Å². The highest BCUT2D eigenvalue weighted by Gasteiger charge is 2.21. The van der Waals surface area contributed by atoms with E-state index in [1.165, 1.54) is 5.69 Å². The lowest BCUT2D eigenvalue weighted by Crippen LogP contribution is -2.36. The van der Waals surface area contributed by atoms with Crippen molar-refractivity contribution in [2.45, 2.75) is 37.8 Å². The van der Waals surface area contributed by atoms with E-state index in [1.807, 2.05) is 22.3 Å². The van der Waals surface area contributed by atoms with Crippen LogP contribution in [0, 0.1) is 0 Å². The molecular formula is C25H29N7O2S. The molecule has 1 saturated heterocycles. The summed E-state index contributed by atoms with van der Waals surface area (Å²) < 4.78 is 8.40. The van der Waals surface area contributed by atoms with Gasteiger partial charge in [-0.2, -0.15) is 10.1 Å². The van der Waals surface area contributed by atoms with Gasteiger partial charge in [0, 0.05) is 24.8 Å². The zero-order valence-corrected chi connectivity index (χ0v) is 20.2. The SMILES string of the molecule is O[C@H]1CC[C@H](Nc2nc(Nc3cnn(-c4cccc(N5CCOCC5)c4)c3)nc3ccsc23)CC1. The molecule has 4 heterocycles. The Balaban J connectivity index is 1.21. The fourth-order valence-electron chi connectivity index (χ4n) is 4.74. The van der Waals surface area contributed by atoms with Gasteiger partial charge in [-0.3, -0.25) is 0 Å². The fourth-order valence-corrected chi connectivity index (χ4v) is 5.53. The molecular weight excluding hydrogens is 462 g/mol. The number of benzene rings is 1. The maximum atomic E-state index is 9.83. The van der Waals surface area contributed by atoms with Crippen LogP contribution in [0.4, 0.5) is 23.1 Å². The normalized spacial score (nSPS) is 20.8. The van der Waals surface area contributed by atoms with Gasteiger partial charge in [0.25, 0.3) is 0 Å². The van der Waals surface area contributed by atoms with E-state index in [1.54, 1.807) is 17.5 Å². The van der Waals surface area contributed by atoms with Gasteiger partial charge in [-0.15, -0.1) is 11.3 Å². The third-order valence-corrected chi connectivity index (χ3v) is 7.56. The summed E-state index contributed by atoms with van der Waals surface area (Å²) in [6.45, 7) is 3.31. The summed E-state index contributed by atoms with van der Waals surface area (Å²) in [7, 11) is 0. The smallest absolute Gasteiger partial charge is 0.229 e. The second-order valence-corrected chi connectivity index (χ2v) is 10.0. The number of aromatic nitrogens is 4. The van der Waals surface area contributed by atoms with Crippen molar-refractivity contribution in [1.82, 2.24) is 19.7 Å². The summed E-state index contributed by atoms with van der Waals surface area (Å²) in [5, 5.41) is 23.4. The van der Waals surface area contributed by atoms with Crippen molar-refractivity contribution in [1.29, 1.82) is 0 Å². The van der Waals surface area contributed by atoms with Crippen LogP contribution in [0.5, 0.6) is 0 Å². The number of nitrogens with zero attached hydrogens (tertiary/aromatic N) is 5. The predicted octanol–water partition coefficient (Wildman–Crippen LogP) is 4.17. The zero-order valence-electron chi connectivity index (χ0n) is 19.4. The summed E-state index contributed by atoms with van der Waals surface area (Å²) in [5.74, 6) is 1.38. The van der Waals surface area contributed by atoms with E-state index in [4.69, 9.17) is 14.7 Å². The van der Waals surface area contributed by atoms with Crippen molar-refractivity contribution in [3.8, 4) is 5.69 Å². The van der Waals surface area contributed by atoms with Gasteiger partial charge in [0.15, 0.2) is 0 Å². The molecule has 1 aliphatic heterocycles. The highest BCUT2D eigenvalue weighted by atomic mass is 32.1. The maximum Gasteiger partial charge on any atom is 0.229 e. The number of hydrogen-bond donors (Lipinski definition) is 3. The number of aliphatic hydroxyl groups excluding tert-OH is 1. The van der Waals surface area contributed by atoms with E-state index in [0.717, 1.165) is 79.4 Å². The number of aliphatic hydroxyl groups is 1. The molecule has 4 aromatic rings. The highest BCUT2D eigenvalue weighted by molar-refractivity contribution is 7.17. The predicted molar refractivity (Wildman–Crippen MR) is 139 cm³/mol. The lowest BCUT2D eigenvalue weighted by molar-refractivity contribution is 0.122. The second kappa shape index (κ2) is 9.80. The minimum atomic E-state index is -0.177. The molecule has 1 saturated carbocycles. The lowest BCUT2D eigenvalue weighted by Gasteiger charge is -2.29. The molecule has 10 heteroatoms. The molecule has 1 aliphatic carbocycles. The Hall–Kier alpha value is -3.21. The first kappa shape index (κ1) is 22.3. The van der Waals surface area contributed by atoms with E-state index in [0.29, 0.717) is 12.0 Å². The standard InChI is InChI=1S/C25H29N7O2S/c33-21-6-4-17(5-7-21)27-24-23-22(8-13-35-23)29-25(30-24)28-18-15-26-32(16-18)20-3-1-2-19(14-20)31-9-11-34-12-10-31/h1-3,8,13-17,21,33H,4-7,9-12H2,(H2,27,28,29,30)/t17-,21-. The summed E-state index contributed by atoms with van der Waals surface area (Å²) in [6.07, 6.45) is 7.10. The molecule has 0 amide bonds. The van der Waals surface area contributed by atoms with Crippen LogP contribution >= 0.6 is 11.3 Å². The summed E-state index contributed by atoms with van der Waals surface area (Å²) in [6, 6.07) is 10.7. The van der Waals surface area contributed by atoms with Crippen molar-refractivity contribution >= 4 is 44.7 Å². The van der Waals surface area contributed by atoms with Crippen LogP contribution in [0.15, 0.2) is 48.1 Å². The number of morpholine rings is 1. The first-order valence-corrected chi connectivity index (χ1v) is 13.0. The van der Waals surface area contributed by atoms with Gasteiger partial charge in [0.1, 0.15) is 5.82 Å². The van der Waals surface area contributed by atoms with E-state index in [-0.39, 0.29) is 6.10 Å². The highest BCUT2D eigenvalue weighted by Crippen LogP contribution is 2.31. The number of rotatable bonds is 6. The van der Waals surface area contributed by atoms with Gasteiger partial charge in [0.05, 0.1) is 53.3 Å². The Morgan fingerprint density at radius 2 is 1.86 bits per heavy atom. The van der Waals surface area contributed by atoms with Crippen LogP contribution in [-0.2, 0) is 4.74 Å². The van der Waals surface area contributed by atoms with Crippen LogP contribution in [0.3, 0.4) is 0 Å². The average molecular weight is 492 g/mol. The van der Waals surface area contributed by atoms with Crippen molar-refractivity contribution in [3.63, 3.8) is 0 Å². The second-order valence-electron chi connectivity index (χ2n) is 9.10. The third-order valence-electron chi connectivity index (χ3n) is 6.65. The number of hydrogen-bond acceptors (Lipinski definition) is 9. The molecule has 9 nitrogen and oxygen atoms in total. The Morgan fingerprint density at radius 3 is 2.71 bits per heavy atom. The first-order valence-electron chi connectivity index (χ1n) is 12.2. The van der Waals surface area contributed by atoms with Crippen molar-refractivity contribution < 1.29 is 9.84 Å². The molecule has 3 N–H and O–H groups in total. The Labute approximate surface area is 207 Å². The Morgan fingerprint density at radius 1 is 1.03 bits per heavy atom. The molecule has 1 aromatic carbocycles. The van der Waals surface area contributed by atoms with Gasteiger partial charge in [-0.1, -0.05) is 6.07 Å². The molecule has 3 aromatic heterocycles. The molecule has 182 valence electrons. The summed E-state index contributed by atoms with van der Waals surface area (Å²) in [4.78, 5) is 11.8. The third kappa shape index (κ3) is 4.95. The maximum absolute atomic E-state index is 9.83.